The van der Waals surface area contributed by atoms with E-state index in [9.17, 15) is 4.79 Å². The highest BCUT2D eigenvalue weighted by atomic mass is 35.5. The van der Waals surface area contributed by atoms with Gasteiger partial charge in [-0.3, -0.25) is 9.69 Å². The van der Waals surface area contributed by atoms with Crippen molar-refractivity contribution in [2.75, 3.05) is 36.5 Å². The number of fused-ring (bicyclic) bond motifs is 2. The van der Waals surface area contributed by atoms with Crippen LogP contribution in [-0.4, -0.2) is 42.6 Å². The number of carbonyl (C=O) groups excluding carboxylic acids is 1. The van der Waals surface area contributed by atoms with Crippen LogP contribution < -0.4 is 14.5 Å². The molecule has 1 amide bonds. The third-order valence-electron chi connectivity index (χ3n) is 4.36. The summed E-state index contributed by atoms with van der Waals surface area (Å²) in [6.45, 7) is 1.01. The van der Waals surface area contributed by atoms with E-state index in [1.807, 2.05) is 36.2 Å². The largest absolute Gasteiger partial charge is 0.482 e. The van der Waals surface area contributed by atoms with Crippen LogP contribution in [0.15, 0.2) is 42.5 Å². The smallest absolute Gasteiger partial charge is 0.266 e. The van der Waals surface area contributed by atoms with Crippen molar-refractivity contribution in [2.45, 2.75) is 0 Å². The van der Waals surface area contributed by atoms with E-state index >= 15 is 0 Å². The Balaban J connectivity index is 1.60. The number of halogens is 2. The molecule has 0 bridgehead atoms. The zero-order chi connectivity index (χ0) is 19.0. The topological polar surface area (TPSA) is 58.6 Å². The molecule has 0 atom stereocenters. The van der Waals surface area contributed by atoms with Gasteiger partial charge in [0.2, 0.25) is 0 Å². The number of nitrogens with zero attached hydrogens (tertiary/aromatic N) is 4. The molecule has 2 heterocycles. The predicted octanol–water partition coefficient (Wildman–Crippen LogP) is 3.80. The Hall–Kier alpha value is -2.57. The summed E-state index contributed by atoms with van der Waals surface area (Å²) >= 11 is 12.0. The molecule has 4 rings (SSSR count). The van der Waals surface area contributed by atoms with Crippen molar-refractivity contribution in [3.05, 3.63) is 52.5 Å². The van der Waals surface area contributed by atoms with Gasteiger partial charge < -0.3 is 9.64 Å². The fourth-order valence-electron chi connectivity index (χ4n) is 2.93. The van der Waals surface area contributed by atoms with E-state index in [0.29, 0.717) is 40.5 Å². The van der Waals surface area contributed by atoms with Gasteiger partial charge in [-0.05, 0) is 30.3 Å². The monoisotopic (exact) mass is 402 g/mol. The first kappa shape index (κ1) is 17.8. The molecule has 1 aromatic heterocycles. The minimum absolute atomic E-state index is 0.154. The van der Waals surface area contributed by atoms with Crippen LogP contribution in [0.2, 0.25) is 10.0 Å². The summed E-state index contributed by atoms with van der Waals surface area (Å²) in [4.78, 5) is 25.7. The maximum atomic E-state index is 12.8. The second-order valence-corrected chi connectivity index (χ2v) is 7.03. The molecule has 1 aliphatic heterocycles. The molecule has 3 aromatic rings. The van der Waals surface area contributed by atoms with Gasteiger partial charge in [0.05, 0.1) is 16.1 Å². The number of aromatic nitrogens is 2. The second-order valence-electron chi connectivity index (χ2n) is 6.19. The second kappa shape index (κ2) is 7.21. The standard InChI is InChI=1S/C19H16Cl2N4O2/c1-24-8-9-25(17(26)11-27-16-7-6-12(20)10-13(16)21)19-18(24)22-14-4-2-3-5-15(14)23-19/h2-7,10H,8-9,11H2,1H3. The van der Waals surface area contributed by atoms with E-state index in [2.05, 4.69) is 9.97 Å². The summed E-state index contributed by atoms with van der Waals surface area (Å²) in [7, 11) is 1.94. The van der Waals surface area contributed by atoms with Crippen LogP contribution in [-0.2, 0) is 4.79 Å². The Morgan fingerprint density at radius 2 is 1.78 bits per heavy atom. The highest BCUT2D eigenvalue weighted by molar-refractivity contribution is 6.35. The molecule has 1 aliphatic rings. The van der Waals surface area contributed by atoms with E-state index < -0.39 is 0 Å². The number of likely N-dealkylation sites (N-methyl/N-ethyl adjacent to an activating group) is 1. The predicted molar refractivity (Wildman–Crippen MR) is 107 cm³/mol. The third-order valence-corrected chi connectivity index (χ3v) is 4.89. The van der Waals surface area contributed by atoms with Crippen molar-refractivity contribution >= 4 is 51.8 Å². The number of carbonyl (C=O) groups is 1. The number of hydrogen-bond acceptors (Lipinski definition) is 5. The summed E-state index contributed by atoms with van der Waals surface area (Å²) in [5.41, 5.74) is 1.53. The maximum absolute atomic E-state index is 12.8. The molecule has 6 nitrogen and oxygen atoms in total. The number of para-hydroxylation sites is 2. The molecule has 138 valence electrons. The molecule has 2 aromatic carbocycles. The van der Waals surface area contributed by atoms with Gasteiger partial charge in [0, 0.05) is 25.2 Å². The number of hydrogen-bond donors (Lipinski definition) is 0. The van der Waals surface area contributed by atoms with E-state index in [4.69, 9.17) is 27.9 Å². The van der Waals surface area contributed by atoms with E-state index in [0.717, 1.165) is 11.0 Å². The lowest BCUT2D eigenvalue weighted by Crippen LogP contribution is -2.45. The summed E-state index contributed by atoms with van der Waals surface area (Å²) in [6.07, 6.45) is 0. The number of benzene rings is 2. The average molecular weight is 403 g/mol. The maximum Gasteiger partial charge on any atom is 0.266 e. The minimum Gasteiger partial charge on any atom is -0.482 e. The average Bonchev–Trinajstić information content (AvgIpc) is 2.66. The molecule has 0 spiro atoms. The van der Waals surface area contributed by atoms with Crippen LogP contribution in [0.1, 0.15) is 0 Å². The zero-order valence-electron chi connectivity index (χ0n) is 14.5. The molecular weight excluding hydrogens is 387 g/mol. The molecule has 0 saturated carbocycles. The van der Waals surface area contributed by atoms with Crippen LogP contribution in [0.5, 0.6) is 5.75 Å². The summed E-state index contributed by atoms with van der Waals surface area (Å²) in [5.74, 6) is 1.42. The lowest BCUT2D eigenvalue weighted by molar-refractivity contribution is -0.120. The van der Waals surface area contributed by atoms with Gasteiger partial charge in [0.1, 0.15) is 5.75 Å². The zero-order valence-corrected chi connectivity index (χ0v) is 16.0. The Kier molecular flexibility index (Phi) is 4.76. The Morgan fingerprint density at radius 3 is 2.48 bits per heavy atom. The first-order valence-electron chi connectivity index (χ1n) is 8.39. The van der Waals surface area contributed by atoms with Crippen LogP contribution in [0.4, 0.5) is 11.6 Å². The van der Waals surface area contributed by atoms with Gasteiger partial charge in [-0.1, -0.05) is 35.3 Å². The third kappa shape index (κ3) is 3.50. The molecule has 0 N–H and O–H groups in total. The Labute approximate surface area is 166 Å². The van der Waals surface area contributed by atoms with E-state index in [-0.39, 0.29) is 12.5 Å². The van der Waals surface area contributed by atoms with Crippen molar-refractivity contribution in [3.8, 4) is 5.75 Å². The molecule has 0 aliphatic carbocycles. The van der Waals surface area contributed by atoms with Crippen molar-refractivity contribution in [1.82, 2.24) is 9.97 Å². The molecule has 0 fully saturated rings. The Bertz CT molecular complexity index is 1030. The van der Waals surface area contributed by atoms with Crippen LogP contribution in [0.3, 0.4) is 0 Å². The molecule has 0 radical (unpaired) electrons. The van der Waals surface area contributed by atoms with Crippen molar-refractivity contribution in [3.63, 3.8) is 0 Å². The van der Waals surface area contributed by atoms with Gasteiger partial charge in [-0.15, -0.1) is 0 Å². The quantitative estimate of drug-likeness (QED) is 0.666. The fourth-order valence-corrected chi connectivity index (χ4v) is 3.40. The number of rotatable bonds is 3. The first-order chi connectivity index (χ1) is 13.0. The summed E-state index contributed by atoms with van der Waals surface area (Å²) in [6, 6.07) is 12.5. The molecule has 8 heteroatoms. The fraction of sp³-hybridized carbons (Fsp3) is 0.211. The Morgan fingerprint density at radius 1 is 1.07 bits per heavy atom. The first-order valence-corrected chi connectivity index (χ1v) is 9.14. The summed E-state index contributed by atoms with van der Waals surface area (Å²) < 4.78 is 5.59. The van der Waals surface area contributed by atoms with Gasteiger partial charge in [0.15, 0.2) is 18.2 Å². The molecule has 0 unspecified atom stereocenters. The molecule has 27 heavy (non-hydrogen) atoms. The minimum atomic E-state index is -0.208. The van der Waals surface area contributed by atoms with Crippen molar-refractivity contribution < 1.29 is 9.53 Å². The van der Waals surface area contributed by atoms with Gasteiger partial charge in [0.25, 0.3) is 5.91 Å². The molecular formula is C19H16Cl2N4O2. The summed E-state index contributed by atoms with van der Waals surface area (Å²) in [5, 5.41) is 0.869. The number of ether oxygens (including phenoxy) is 1. The number of anilines is 2. The lowest BCUT2D eigenvalue weighted by atomic mass is 10.2. The van der Waals surface area contributed by atoms with Gasteiger partial charge in [-0.2, -0.15) is 0 Å². The van der Waals surface area contributed by atoms with Crippen LogP contribution >= 0.6 is 23.2 Å². The van der Waals surface area contributed by atoms with Crippen LogP contribution in [0, 0.1) is 0 Å². The highest BCUT2D eigenvalue weighted by Gasteiger charge is 2.28. The van der Waals surface area contributed by atoms with E-state index in [1.54, 1.807) is 23.1 Å². The molecule has 0 saturated heterocycles. The van der Waals surface area contributed by atoms with Gasteiger partial charge in [-0.25, -0.2) is 9.97 Å². The van der Waals surface area contributed by atoms with Gasteiger partial charge >= 0.3 is 0 Å². The van der Waals surface area contributed by atoms with E-state index in [1.165, 1.54) is 0 Å². The van der Waals surface area contributed by atoms with Crippen molar-refractivity contribution in [2.24, 2.45) is 0 Å². The van der Waals surface area contributed by atoms with Crippen LogP contribution in [0.25, 0.3) is 11.0 Å². The normalized spacial score (nSPS) is 13.6. The number of amides is 1. The lowest BCUT2D eigenvalue weighted by Gasteiger charge is -2.33. The SMILES string of the molecule is CN1CCN(C(=O)COc2ccc(Cl)cc2Cl)c2nc3ccccc3nc21. The highest BCUT2D eigenvalue weighted by Crippen LogP contribution is 2.31. The van der Waals surface area contributed by atoms with Crippen molar-refractivity contribution in [1.29, 1.82) is 0 Å².